The summed E-state index contributed by atoms with van der Waals surface area (Å²) < 4.78 is 0. The smallest absolute Gasteiger partial charge is 0.171 e. The molecule has 0 spiro atoms. The van der Waals surface area contributed by atoms with Crippen LogP contribution in [0.1, 0.15) is 50.4 Å². The lowest BCUT2D eigenvalue weighted by atomic mass is 9.73. The number of H-pyrrole nitrogens is 1. The summed E-state index contributed by atoms with van der Waals surface area (Å²) in [6.45, 7) is 6.33. The van der Waals surface area contributed by atoms with E-state index in [0.717, 1.165) is 35.7 Å². The number of nitrogens with one attached hydrogen (secondary N) is 1. The van der Waals surface area contributed by atoms with Crippen LogP contribution in [0.3, 0.4) is 0 Å². The second kappa shape index (κ2) is 4.97. The number of para-hydroxylation sites is 1. The Morgan fingerprint density at radius 2 is 1.78 bits per heavy atom. The summed E-state index contributed by atoms with van der Waals surface area (Å²) in [4.78, 5) is 16.0. The number of benzene rings is 1. The zero-order valence-electron chi connectivity index (χ0n) is 11.4. The summed E-state index contributed by atoms with van der Waals surface area (Å²) in [7, 11) is 0. The van der Waals surface area contributed by atoms with E-state index in [4.69, 9.17) is 0 Å². The van der Waals surface area contributed by atoms with Crippen LogP contribution in [0, 0.1) is 5.41 Å². The fourth-order valence-corrected chi connectivity index (χ4v) is 2.79. The number of hydrogen-bond acceptors (Lipinski definition) is 1. The topological polar surface area (TPSA) is 32.9 Å². The maximum absolute atomic E-state index is 12.9. The predicted octanol–water partition coefficient (Wildman–Crippen LogP) is 4.57. The Hall–Kier alpha value is -1.57. The summed E-state index contributed by atoms with van der Waals surface area (Å²) in [5, 5.41) is 1.11. The molecule has 2 aromatic rings. The first-order valence-corrected chi connectivity index (χ1v) is 6.79. The second-order valence-electron chi connectivity index (χ2n) is 4.92. The normalized spacial score (nSPS) is 11.9. The van der Waals surface area contributed by atoms with Gasteiger partial charge < -0.3 is 4.98 Å². The van der Waals surface area contributed by atoms with Gasteiger partial charge in [-0.25, -0.2) is 0 Å². The second-order valence-corrected chi connectivity index (χ2v) is 4.92. The van der Waals surface area contributed by atoms with E-state index in [9.17, 15) is 4.79 Å². The highest BCUT2D eigenvalue weighted by molar-refractivity contribution is 6.09. The molecule has 0 bridgehead atoms. The molecule has 2 heteroatoms. The third kappa shape index (κ3) is 1.86. The number of hydrogen-bond donors (Lipinski definition) is 1. The van der Waals surface area contributed by atoms with Gasteiger partial charge in [0.1, 0.15) is 0 Å². The Morgan fingerprint density at radius 3 is 2.39 bits per heavy atom. The lowest BCUT2D eigenvalue weighted by molar-refractivity contribution is 0.0768. The zero-order chi connectivity index (χ0) is 13.2. The molecule has 2 nitrogen and oxygen atoms in total. The van der Waals surface area contributed by atoms with Crippen LogP contribution in [-0.4, -0.2) is 10.8 Å². The number of aromatic nitrogens is 1. The van der Waals surface area contributed by atoms with Crippen molar-refractivity contribution in [1.29, 1.82) is 0 Å². The number of rotatable bonds is 5. The van der Waals surface area contributed by atoms with E-state index in [1.165, 1.54) is 0 Å². The minimum Gasteiger partial charge on any atom is -0.361 e. The molecule has 1 heterocycles. The van der Waals surface area contributed by atoms with Gasteiger partial charge in [-0.2, -0.15) is 0 Å². The molecule has 0 amide bonds. The van der Waals surface area contributed by atoms with Crippen LogP contribution in [-0.2, 0) is 0 Å². The summed E-state index contributed by atoms with van der Waals surface area (Å²) in [6, 6.07) is 7.96. The van der Waals surface area contributed by atoms with Crippen molar-refractivity contribution in [1.82, 2.24) is 4.98 Å². The Morgan fingerprint density at radius 1 is 1.11 bits per heavy atom. The van der Waals surface area contributed by atoms with E-state index in [1.54, 1.807) is 0 Å². The highest BCUT2D eigenvalue weighted by atomic mass is 16.1. The van der Waals surface area contributed by atoms with Crippen molar-refractivity contribution in [2.75, 3.05) is 0 Å². The van der Waals surface area contributed by atoms with Crippen molar-refractivity contribution >= 4 is 16.7 Å². The predicted molar refractivity (Wildman–Crippen MR) is 75.9 cm³/mol. The molecule has 96 valence electrons. The summed E-state index contributed by atoms with van der Waals surface area (Å²) in [5.41, 5.74) is 1.60. The van der Waals surface area contributed by atoms with Gasteiger partial charge in [0.15, 0.2) is 5.78 Å². The van der Waals surface area contributed by atoms with Crippen LogP contribution in [0.4, 0.5) is 0 Å². The molecule has 0 radical (unpaired) electrons. The van der Waals surface area contributed by atoms with Crippen LogP contribution in [0.2, 0.25) is 0 Å². The molecule has 0 aliphatic rings. The summed E-state index contributed by atoms with van der Waals surface area (Å²) in [6.07, 6.45) is 4.59. The molecule has 1 aromatic carbocycles. The first-order valence-electron chi connectivity index (χ1n) is 6.79. The lowest BCUT2D eigenvalue weighted by Gasteiger charge is -2.28. The lowest BCUT2D eigenvalue weighted by Crippen LogP contribution is -2.29. The Kier molecular flexibility index (Phi) is 3.55. The van der Waals surface area contributed by atoms with Gasteiger partial charge in [-0.05, 0) is 31.4 Å². The SMILES string of the molecule is CCC(CC)(CC)C(=O)c1cccc2cc[nH]c12. The van der Waals surface area contributed by atoms with Crippen molar-refractivity contribution in [3.05, 3.63) is 36.0 Å². The summed E-state index contributed by atoms with van der Waals surface area (Å²) in [5.74, 6) is 0.281. The molecule has 18 heavy (non-hydrogen) atoms. The van der Waals surface area contributed by atoms with Gasteiger partial charge in [0.05, 0.1) is 5.52 Å². The highest BCUT2D eigenvalue weighted by Crippen LogP contribution is 2.36. The monoisotopic (exact) mass is 243 g/mol. The van der Waals surface area contributed by atoms with E-state index in [-0.39, 0.29) is 11.2 Å². The molecule has 1 N–H and O–H groups in total. The van der Waals surface area contributed by atoms with Gasteiger partial charge in [-0.15, -0.1) is 0 Å². The molecule has 2 rings (SSSR count). The highest BCUT2D eigenvalue weighted by Gasteiger charge is 2.34. The van der Waals surface area contributed by atoms with Crippen LogP contribution >= 0.6 is 0 Å². The van der Waals surface area contributed by atoms with Gasteiger partial charge in [0, 0.05) is 22.6 Å². The van der Waals surface area contributed by atoms with Crippen LogP contribution < -0.4 is 0 Å². The van der Waals surface area contributed by atoms with Crippen molar-refractivity contribution < 1.29 is 4.79 Å². The van der Waals surface area contributed by atoms with Crippen molar-refractivity contribution in [3.63, 3.8) is 0 Å². The van der Waals surface area contributed by atoms with Gasteiger partial charge in [-0.1, -0.05) is 32.9 Å². The van der Waals surface area contributed by atoms with Crippen LogP contribution in [0.5, 0.6) is 0 Å². The molecule has 0 aliphatic heterocycles. The minimum absolute atomic E-state index is 0.209. The maximum Gasteiger partial charge on any atom is 0.171 e. The average molecular weight is 243 g/mol. The fourth-order valence-electron chi connectivity index (χ4n) is 2.79. The first-order chi connectivity index (χ1) is 8.68. The molecule has 1 aromatic heterocycles. The Balaban J connectivity index is 2.54. The molecule has 0 saturated heterocycles. The van der Waals surface area contributed by atoms with Crippen LogP contribution in [0.15, 0.2) is 30.5 Å². The minimum atomic E-state index is -0.209. The summed E-state index contributed by atoms with van der Waals surface area (Å²) >= 11 is 0. The largest absolute Gasteiger partial charge is 0.361 e. The van der Waals surface area contributed by atoms with Crippen molar-refractivity contribution in [2.45, 2.75) is 40.0 Å². The van der Waals surface area contributed by atoms with Gasteiger partial charge in [-0.3, -0.25) is 4.79 Å². The quantitative estimate of drug-likeness (QED) is 0.767. The van der Waals surface area contributed by atoms with Crippen LogP contribution in [0.25, 0.3) is 10.9 Å². The molecule has 0 saturated carbocycles. The zero-order valence-corrected chi connectivity index (χ0v) is 11.4. The van der Waals surface area contributed by atoms with E-state index in [0.29, 0.717) is 0 Å². The molecular formula is C16H21NO. The molecule has 0 atom stereocenters. The third-order valence-electron chi connectivity index (χ3n) is 4.34. The molecule has 0 aliphatic carbocycles. The van der Waals surface area contributed by atoms with Gasteiger partial charge in [0.2, 0.25) is 0 Å². The van der Waals surface area contributed by atoms with Crippen molar-refractivity contribution in [3.8, 4) is 0 Å². The molecule has 0 unspecified atom stereocenters. The van der Waals surface area contributed by atoms with Crippen molar-refractivity contribution in [2.24, 2.45) is 5.41 Å². The number of fused-ring (bicyclic) bond motifs is 1. The molecular weight excluding hydrogens is 222 g/mol. The number of aromatic amines is 1. The third-order valence-corrected chi connectivity index (χ3v) is 4.34. The number of ketones is 1. The Bertz CT molecular complexity index is 541. The fraction of sp³-hybridized carbons (Fsp3) is 0.438. The maximum atomic E-state index is 12.9. The van der Waals surface area contributed by atoms with E-state index in [2.05, 4.69) is 25.8 Å². The first kappa shape index (κ1) is 12.9. The van der Waals surface area contributed by atoms with Gasteiger partial charge >= 0.3 is 0 Å². The van der Waals surface area contributed by atoms with Gasteiger partial charge in [0.25, 0.3) is 0 Å². The standard InChI is InChI=1S/C16H21NO/c1-4-16(5-2,6-3)15(18)13-9-7-8-12-10-11-17-14(12)13/h7-11,17H,4-6H2,1-3H3. The average Bonchev–Trinajstić information content (AvgIpc) is 2.89. The Labute approximate surface area is 108 Å². The number of carbonyl (C=O) groups is 1. The van der Waals surface area contributed by atoms with E-state index < -0.39 is 0 Å². The number of carbonyl (C=O) groups excluding carboxylic acids is 1. The number of Topliss-reactive ketones (excluding diaryl/α,β-unsaturated/α-hetero) is 1. The molecule has 0 fully saturated rings. The van der Waals surface area contributed by atoms with E-state index in [1.807, 2.05) is 30.5 Å². The van der Waals surface area contributed by atoms with E-state index >= 15 is 0 Å².